The number of carbonyl (C=O) groups excluding carboxylic acids is 1. The SMILES string of the molecule is O=C(NCC1CN(Cc2ccccc2)CCCO1)c1csc(-c2ccoc2)n1. The molecule has 1 aromatic carbocycles. The van der Waals surface area contributed by atoms with Crippen LogP contribution in [0.5, 0.6) is 0 Å². The molecule has 1 amide bonds. The number of ether oxygens (including phenoxy) is 1. The number of aromatic nitrogens is 1. The van der Waals surface area contributed by atoms with Crippen molar-refractivity contribution in [2.75, 3.05) is 26.2 Å². The van der Waals surface area contributed by atoms with Crippen LogP contribution in [0.15, 0.2) is 58.7 Å². The zero-order chi connectivity index (χ0) is 19.2. The molecule has 0 bridgehead atoms. The Morgan fingerprint density at radius 3 is 3.00 bits per heavy atom. The van der Waals surface area contributed by atoms with Crippen molar-refractivity contribution in [3.8, 4) is 10.6 Å². The summed E-state index contributed by atoms with van der Waals surface area (Å²) >= 11 is 1.43. The van der Waals surface area contributed by atoms with E-state index in [1.54, 1.807) is 17.9 Å². The van der Waals surface area contributed by atoms with E-state index in [1.165, 1.54) is 16.9 Å². The smallest absolute Gasteiger partial charge is 0.270 e. The highest BCUT2D eigenvalue weighted by molar-refractivity contribution is 7.13. The lowest BCUT2D eigenvalue weighted by Gasteiger charge is -2.24. The molecule has 0 spiro atoms. The van der Waals surface area contributed by atoms with E-state index in [4.69, 9.17) is 9.15 Å². The Balaban J connectivity index is 1.31. The maximum absolute atomic E-state index is 12.5. The lowest BCUT2D eigenvalue weighted by molar-refractivity contribution is 0.0510. The number of rotatable bonds is 6. The van der Waals surface area contributed by atoms with Crippen LogP contribution in [0.25, 0.3) is 10.6 Å². The second kappa shape index (κ2) is 9.14. The van der Waals surface area contributed by atoms with Crippen molar-refractivity contribution in [3.63, 3.8) is 0 Å². The predicted octanol–water partition coefficient (Wildman–Crippen LogP) is 3.42. The van der Waals surface area contributed by atoms with Crippen LogP contribution in [0, 0.1) is 0 Å². The summed E-state index contributed by atoms with van der Waals surface area (Å²) in [5, 5.41) is 5.52. The standard InChI is InChI=1S/C21H23N3O3S/c25-20(19-15-28-21(23-19)17-7-10-26-14-17)22-11-18-13-24(8-4-9-27-18)12-16-5-2-1-3-6-16/h1-3,5-7,10,14-15,18H,4,8-9,11-13H2,(H,22,25). The van der Waals surface area contributed by atoms with Gasteiger partial charge < -0.3 is 14.5 Å². The minimum absolute atomic E-state index is 0.0258. The van der Waals surface area contributed by atoms with Crippen molar-refractivity contribution in [1.29, 1.82) is 0 Å². The predicted molar refractivity (Wildman–Crippen MR) is 108 cm³/mol. The van der Waals surface area contributed by atoms with E-state index in [0.29, 0.717) is 18.8 Å². The first-order valence-corrected chi connectivity index (χ1v) is 10.3. The fraction of sp³-hybridized carbons (Fsp3) is 0.333. The average Bonchev–Trinajstić information content (AvgIpc) is 3.37. The van der Waals surface area contributed by atoms with Crippen LogP contribution in [0.3, 0.4) is 0 Å². The van der Waals surface area contributed by atoms with E-state index in [2.05, 4.69) is 39.5 Å². The van der Waals surface area contributed by atoms with Crippen LogP contribution < -0.4 is 5.32 Å². The van der Waals surface area contributed by atoms with E-state index >= 15 is 0 Å². The summed E-state index contributed by atoms with van der Waals surface area (Å²) < 4.78 is 11.0. The second-order valence-corrected chi connectivity index (χ2v) is 7.69. The Kier molecular flexibility index (Phi) is 6.16. The van der Waals surface area contributed by atoms with Gasteiger partial charge in [-0.05, 0) is 18.1 Å². The van der Waals surface area contributed by atoms with Crippen LogP contribution in [0.4, 0.5) is 0 Å². The van der Waals surface area contributed by atoms with Gasteiger partial charge in [-0.15, -0.1) is 11.3 Å². The molecule has 1 saturated heterocycles. The molecule has 7 heteroatoms. The number of thiazole rings is 1. The van der Waals surface area contributed by atoms with E-state index in [9.17, 15) is 4.79 Å². The highest BCUT2D eigenvalue weighted by Crippen LogP contribution is 2.23. The Bertz CT molecular complexity index is 879. The first-order chi connectivity index (χ1) is 13.8. The largest absolute Gasteiger partial charge is 0.472 e. The first kappa shape index (κ1) is 18.9. The number of hydrogen-bond acceptors (Lipinski definition) is 6. The molecule has 6 nitrogen and oxygen atoms in total. The minimum atomic E-state index is -0.173. The molecular weight excluding hydrogens is 374 g/mol. The summed E-state index contributed by atoms with van der Waals surface area (Å²) in [6.45, 7) is 3.89. The third-order valence-corrected chi connectivity index (χ3v) is 5.57. The van der Waals surface area contributed by atoms with Crippen LogP contribution in [0.1, 0.15) is 22.5 Å². The van der Waals surface area contributed by atoms with Crippen molar-refractivity contribution < 1.29 is 13.9 Å². The number of nitrogens with zero attached hydrogens (tertiary/aromatic N) is 2. The summed E-state index contributed by atoms with van der Waals surface area (Å²) in [6.07, 6.45) is 4.20. The van der Waals surface area contributed by atoms with Crippen molar-refractivity contribution in [1.82, 2.24) is 15.2 Å². The molecule has 2 aromatic heterocycles. The van der Waals surface area contributed by atoms with Gasteiger partial charge in [0, 0.05) is 43.7 Å². The van der Waals surface area contributed by atoms with E-state index in [1.807, 2.05) is 12.1 Å². The molecule has 146 valence electrons. The molecule has 3 heterocycles. The van der Waals surface area contributed by atoms with Gasteiger partial charge >= 0.3 is 0 Å². The summed E-state index contributed by atoms with van der Waals surface area (Å²) in [7, 11) is 0. The molecule has 28 heavy (non-hydrogen) atoms. The average molecular weight is 398 g/mol. The van der Waals surface area contributed by atoms with Gasteiger partial charge in [-0.3, -0.25) is 9.69 Å². The minimum Gasteiger partial charge on any atom is -0.472 e. The molecule has 1 aliphatic heterocycles. The molecule has 1 atom stereocenters. The molecule has 3 aromatic rings. The zero-order valence-corrected chi connectivity index (χ0v) is 16.4. The van der Waals surface area contributed by atoms with Gasteiger partial charge in [0.05, 0.1) is 12.4 Å². The number of furan rings is 1. The van der Waals surface area contributed by atoms with E-state index < -0.39 is 0 Å². The maximum atomic E-state index is 12.5. The lowest BCUT2D eigenvalue weighted by atomic mass is 10.2. The maximum Gasteiger partial charge on any atom is 0.270 e. The summed E-state index contributed by atoms with van der Waals surface area (Å²) in [4.78, 5) is 19.3. The fourth-order valence-corrected chi connectivity index (χ4v) is 4.06. The van der Waals surface area contributed by atoms with Crippen LogP contribution in [-0.4, -0.2) is 48.1 Å². The molecule has 1 unspecified atom stereocenters. The number of amides is 1. The quantitative estimate of drug-likeness (QED) is 0.690. The molecule has 0 radical (unpaired) electrons. The van der Waals surface area contributed by atoms with Crippen molar-refractivity contribution in [2.24, 2.45) is 0 Å². The summed E-state index contributed by atoms with van der Waals surface area (Å²) in [5.74, 6) is -0.173. The number of nitrogens with one attached hydrogen (secondary N) is 1. The highest BCUT2D eigenvalue weighted by Gasteiger charge is 2.20. The number of benzene rings is 1. The van der Waals surface area contributed by atoms with Gasteiger partial charge in [-0.25, -0.2) is 4.98 Å². The van der Waals surface area contributed by atoms with Gasteiger partial charge in [-0.1, -0.05) is 30.3 Å². The second-order valence-electron chi connectivity index (χ2n) is 6.83. The Morgan fingerprint density at radius 1 is 1.29 bits per heavy atom. The lowest BCUT2D eigenvalue weighted by Crippen LogP contribution is -2.40. The first-order valence-electron chi connectivity index (χ1n) is 9.42. The summed E-state index contributed by atoms with van der Waals surface area (Å²) in [5.41, 5.74) is 2.60. The Hall–Kier alpha value is -2.48. The van der Waals surface area contributed by atoms with Gasteiger partial charge in [-0.2, -0.15) is 0 Å². The normalized spacial score (nSPS) is 17.9. The van der Waals surface area contributed by atoms with Gasteiger partial charge in [0.25, 0.3) is 5.91 Å². The van der Waals surface area contributed by atoms with E-state index in [-0.39, 0.29) is 12.0 Å². The molecule has 0 aliphatic carbocycles. The molecule has 1 aliphatic rings. The van der Waals surface area contributed by atoms with Gasteiger partial charge in [0.1, 0.15) is 17.0 Å². The number of hydrogen-bond donors (Lipinski definition) is 1. The highest BCUT2D eigenvalue weighted by atomic mass is 32.1. The van der Waals surface area contributed by atoms with Gasteiger partial charge in [0.15, 0.2) is 0 Å². The third-order valence-electron chi connectivity index (χ3n) is 4.68. The van der Waals surface area contributed by atoms with Gasteiger partial charge in [0.2, 0.25) is 0 Å². The molecule has 1 N–H and O–H groups in total. The Morgan fingerprint density at radius 2 is 2.18 bits per heavy atom. The zero-order valence-electron chi connectivity index (χ0n) is 15.5. The van der Waals surface area contributed by atoms with Crippen LogP contribution >= 0.6 is 11.3 Å². The molecule has 1 fully saturated rings. The number of carbonyl (C=O) groups is 1. The fourth-order valence-electron chi connectivity index (χ4n) is 3.27. The van der Waals surface area contributed by atoms with Crippen molar-refractivity contribution >= 4 is 17.2 Å². The van der Waals surface area contributed by atoms with Crippen LogP contribution in [-0.2, 0) is 11.3 Å². The van der Waals surface area contributed by atoms with Crippen molar-refractivity contribution in [3.05, 3.63) is 65.6 Å². The third kappa shape index (κ3) is 4.86. The van der Waals surface area contributed by atoms with Crippen molar-refractivity contribution in [2.45, 2.75) is 19.1 Å². The summed E-state index contributed by atoms with van der Waals surface area (Å²) in [6, 6.07) is 12.3. The Labute approximate surface area is 168 Å². The van der Waals surface area contributed by atoms with E-state index in [0.717, 1.165) is 36.6 Å². The monoisotopic (exact) mass is 397 g/mol. The van der Waals surface area contributed by atoms with Crippen LogP contribution in [0.2, 0.25) is 0 Å². The molecule has 4 rings (SSSR count). The molecular formula is C21H23N3O3S. The topological polar surface area (TPSA) is 67.6 Å². The molecule has 0 saturated carbocycles.